The summed E-state index contributed by atoms with van der Waals surface area (Å²) in [4.78, 5) is 16.5. The minimum Gasteiger partial charge on any atom is -0.325 e. The van der Waals surface area contributed by atoms with Gasteiger partial charge in [0.25, 0.3) is 0 Å². The molecule has 0 atom stereocenters. The van der Waals surface area contributed by atoms with Crippen LogP contribution >= 0.6 is 27.7 Å². The standard InChI is InChI=1S/C18H16BrN3OS/c1-22-16(13-5-3-2-4-6-13)11-20-18(22)24-12-17(23)21-15-9-7-14(19)8-10-15/h2-11H,12H2,1H3,(H,21,23). The van der Waals surface area contributed by atoms with Crippen LogP contribution in [0.5, 0.6) is 0 Å². The SMILES string of the molecule is Cn1c(-c2ccccc2)cnc1SCC(=O)Nc1ccc(Br)cc1. The van der Waals surface area contributed by atoms with E-state index in [2.05, 4.69) is 26.2 Å². The van der Waals surface area contributed by atoms with Crippen molar-refractivity contribution < 1.29 is 4.79 Å². The number of thioether (sulfide) groups is 1. The Morgan fingerprint density at radius 1 is 1.17 bits per heavy atom. The molecule has 0 spiro atoms. The Labute approximate surface area is 153 Å². The highest BCUT2D eigenvalue weighted by molar-refractivity contribution is 9.10. The molecule has 0 bridgehead atoms. The van der Waals surface area contributed by atoms with E-state index in [1.165, 1.54) is 11.8 Å². The van der Waals surface area contributed by atoms with Crippen molar-refractivity contribution in [1.82, 2.24) is 9.55 Å². The highest BCUT2D eigenvalue weighted by Gasteiger charge is 2.11. The third kappa shape index (κ3) is 4.07. The number of aromatic nitrogens is 2. The molecule has 122 valence electrons. The number of benzene rings is 2. The zero-order chi connectivity index (χ0) is 16.9. The van der Waals surface area contributed by atoms with Crippen molar-refractivity contribution in [2.75, 3.05) is 11.1 Å². The number of anilines is 1. The van der Waals surface area contributed by atoms with Crippen LogP contribution in [0, 0.1) is 0 Å². The summed E-state index contributed by atoms with van der Waals surface area (Å²) in [6.07, 6.45) is 1.84. The molecule has 0 aliphatic heterocycles. The first kappa shape index (κ1) is 16.8. The second-order valence-electron chi connectivity index (χ2n) is 5.19. The van der Waals surface area contributed by atoms with E-state index in [0.29, 0.717) is 5.75 Å². The number of nitrogens with one attached hydrogen (secondary N) is 1. The van der Waals surface area contributed by atoms with Crippen molar-refractivity contribution in [3.8, 4) is 11.3 Å². The van der Waals surface area contributed by atoms with Crippen LogP contribution in [0.4, 0.5) is 5.69 Å². The average molecular weight is 402 g/mol. The zero-order valence-electron chi connectivity index (χ0n) is 13.1. The summed E-state index contributed by atoms with van der Waals surface area (Å²) < 4.78 is 2.99. The van der Waals surface area contributed by atoms with Crippen molar-refractivity contribution in [3.05, 3.63) is 65.3 Å². The van der Waals surface area contributed by atoms with Gasteiger partial charge in [-0.3, -0.25) is 4.79 Å². The molecule has 3 aromatic rings. The summed E-state index contributed by atoms with van der Waals surface area (Å²) in [6, 6.07) is 17.6. The van der Waals surface area contributed by atoms with Gasteiger partial charge >= 0.3 is 0 Å². The zero-order valence-corrected chi connectivity index (χ0v) is 15.5. The lowest BCUT2D eigenvalue weighted by Gasteiger charge is -2.07. The molecule has 1 amide bonds. The van der Waals surface area contributed by atoms with Gasteiger partial charge in [0, 0.05) is 17.2 Å². The topological polar surface area (TPSA) is 46.9 Å². The number of hydrogen-bond acceptors (Lipinski definition) is 3. The molecule has 0 fully saturated rings. The molecule has 1 heterocycles. The third-order valence-electron chi connectivity index (χ3n) is 3.48. The Hall–Kier alpha value is -2.05. The van der Waals surface area contributed by atoms with Crippen molar-refractivity contribution in [2.45, 2.75) is 5.16 Å². The Morgan fingerprint density at radius 3 is 2.58 bits per heavy atom. The van der Waals surface area contributed by atoms with Crippen molar-refractivity contribution in [3.63, 3.8) is 0 Å². The first-order chi connectivity index (χ1) is 11.6. The molecule has 6 heteroatoms. The van der Waals surface area contributed by atoms with Gasteiger partial charge in [-0.1, -0.05) is 58.0 Å². The van der Waals surface area contributed by atoms with Crippen LogP contribution in [-0.2, 0) is 11.8 Å². The summed E-state index contributed by atoms with van der Waals surface area (Å²) in [5.41, 5.74) is 2.93. The van der Waals surface area contributed by atoms with E-state index < -0.39 is 0 Å². The van der Waals surface area contributed by atoms with Gasteiger partial charge in [-0.05, 0) is 29.8 Å². The number of amides is 1. The second kappa shape index (κ2) is 7.68. The maximum Gasteiger partial charge on any atom is 0.234 e. The molecule has 0 aliphatic rings. The lowest BCUT2D eigenvalue weighted by Crippen LogP contribution is -2.14. The number of carbonyl (C=O) groups excluding carboxylic acids is 1. The van der Waals surface area contributed by atoms with E-state index in [1.807, 2.05) is 72.4 Å². The maximum atomic E-state index is 12.1. The Morgan fingerprint density at radius 2 is 1.88 bits per heavy atom. The van der Waals surface area contributed by atoms with E-state index >= 15 is 0 Å². The summed E-state index contributed by atoms with van der Waals surface area (Å²) >= 11 is 4.80. The lowest BCUT2D eigenvalue weighted by atomic mass is 10.2. The molecule has 0 unspecified atom stereocenters. The Bertz CT molecular complexity index is 831. The van der Waals surface area contributed by atoms with E-state index in [1.54, 1.807) is 0 Å². The van der Waals surface area contributed by atoms with Gasteiger partial charge in [-0.25, -0.2) is 4.98 Å². The van der Waals surface area contributed by atoms with E-state index in [4.69, 9.17) is 0 Å². The van der Waals surface area contributed by atoms with Crippen LogP contribution in [0.2, 0.25) is 0 Å². The number of carbonyl (C=O) groups is 1. The highest BCUT2D eigenvalue weighted by atomic mass is 79.9. The summed E-state index contributed by atoms with van der Waals surface area (Å²) in [6.45, 7) is 0. The van der Waals surface area contributed by atoms with E-state index in [-0.39, 0.29) is 5.91 Å². The van der Waals surface area contributed by atoms with Crippen LogP contribution in [-0.4, -0.2) is 21.2 Å². The summed E-state index contributed by atoms with van der Waals surface area (Å²) in [5, 5.41) is 3.70. The number of halogens is 1. The molecule has 0 radical (unpaired) electrons. The number of nitrogens with zero attached hydrogens (tertiary/aromatic N) is 2. The van der Waals surface area contributed by atoms with Crippen molar-refractivity contribution in [2.24, 2.45) is 7.05 Å². The predicted molar refractivity (Wildman–Crippen MR) is 102 cm³/mol. The monoisotopic (exact) mass is 401 g/mol. The van der Waals surface area contributed by atoms with Crippen molar-refractivity contribution in [1.29, 1.82) is 0 Å². The van der Waals surface area contributed by atoms with Gasteiger partial charge in [0.05, 0.1) is 17.6 Å². The van der Waals surface area contributed by atoms with Gasteiger partial charge < -0.3 is 9.88 Å². The van der Waals surface area contributed by atoms with Gasteiger partial charge in [-0.15, -0.1) is 0 Å². The minimum absolute atomic E-state index is 0.0495. The average Bonchev–Trinajstić information content (AvgIpc) is 2.97. The first-order valence-corrected chi connectivity index (χ1v) is 9.17. The van der Waals surface area contributed by atoms with Gasteiger partial charge in [-0.2, -0.15) is 0 Å². The molecular formula is C18H16BrN3OS. The molecule has 4 nitrogen and oxygen atoms in total. The fourth-order valence-corrected chi connectivity index (χ4v) is 3.28. The van der Waals surface area contributed by atoms with Crippen LogP contribution in [0.1, 0.15) is 0 Å². The van der Waals surface area contributed by atoms with Crippen LogP contribution in [0.25, 0.3) is 11.3 Å². The second-order valence-corrected chi connectivity index (χ2v) is 7.05. The van der Waals surface area contributed by atoms with Gasteiger partial charge in [0.2, 0.25) is 5.91 Å². The largest absolute Gasteiger partial charge is 0.325 e. The van der Waals surface area contributed by atoms with Crippen molar-refractivity contribution >= 4 is 39.3 Å². The molecule has 0 saturated heterocycles. The molecule has 0 aliphatic carbocycles. The molecule has 0 saturated carbocycles. The van der Waals surface area contributed by atoms with Crippen LogP contribution in [0.15, 0.2) is 70.4 Å². The fraction of sp³-hybridized carbons (Fsp3) is 0.111. The predicted octanol–water partition coefficient (Wildman–Crippen LogP) is 4.58. The van der Waals surface area contributed by atoms with E-state index in [9.17, 15) is 4.79 Å². The number of hydrogen-bond donors (Lipinski definition) is 1. The first-order valence-electron chi connectivity index (χ1n) is 7.39. The fourth-order valence-electron chi connectivity index (χ4n) is 2.26. The van der Waals surface area contributed by atoms with Gasteiger partial charge in [0.1, 0.15) is 0 Å². The van der Waals surface area contributed by atoms with Crippen LogP contribution < -0.4 is 5.32 Å². The highest BCUT2D eigenvalue weighted by Crippen LogP contribution is 2.24. The number of imidazole rings is 1. The summed E-state index contributed by atoms with van der Waals surface area (Å²) in [7, 11) is 1.96. The summed E-state index contributed by atoms with van der Waals surface area (Å²) in [5.74, 6) is 0.265. The molecule has 2 aromatic carbocycles. The molecule has 1 aromatic heterocycles. The Kier molecular flexibility index (Phi) is 5.37. The lowest BCUT2D eigenvalue weighted by molar-refractivity contribution is -0.113. The minimum atomic E-state index is -0.0495. The quantitative estimate of drug-likeness (QED) is 0.636. The molecule has 24 heavy (non-hydrogen) atoms. The van der Waals surface area contributed by atoms with Gasteiger partial charge in [0.15, 0.2) is 5.16 Å². The molecule has 3 rings (SSSR count). The smallest absolute Gasteiger partial charge is 0.234 e. The normalized spacial score (nSPS) is 10.6. The van der Waals surface area contributed by atoms with E-state index in [0.717, 1.165) is 26.6 Å². The molecule has 1 N–H and O–H groups in total. The molecular weight excluding hydrogens is 386 g/mol. The third-order valence-corrected chi connectivity index (χ3v) is 5.05. The Balaban J connectivity index is 1.62. The maximum absolute atomic E-state index is 12.1. The van der Waals surface area contributed by atoms with Crippen LogP contribution in [0.3, 0.4) is 0 Å². The number of rotatable bonds is 5.